The van der Waals surface area contributed by atoms with Gasteiger partial charge in [-0.15, -0.1) is 0 Å². The summed E-state index contributed by atoms with van der Waals surface area (Å²) in [4.78, 5) is 2.37. The summed E-state index contributed by atoms with van der Waals surface area (Å²) in [7, 11) is 0. The highest BCUT2D eigenvalue weighted by atomic mass is 15.1. The van der Waals surface area contributed by atoms with E-state index in [4.69, 9.17) is 0 Å². The van der Waals surface area contributed by atoms with Crippen molar-refractivity contribution in [2.45, 2.75) is 0 Å². The molecular formula is C50H35N. The Hall–Kier alpha value is -6.70. The van der Waals surface area contributed by atoms with E-state index < -0.39 is 0 Å². The molecule has 0 unspecified atom stereocenters. The maximum Gasteiger partial charge on any atom is 0.0540 e. The van der Waals surface area contributed by atoms with Crippen LogP contribution in [0.25, 0.3) is 66.1 Å². The molecule has 9 aromatic rings. The summed E-state index contributed by atoms with van der Waals surface area (Å²) < 4.78 is 0. The molecule has 240 valence electrons. The van der Waals surface area contributed by atoms with Gasteiger partial charge in [-0.3, -0.25) is 0 Å². The number of rotatable bonds is 7. The molecule has 0 saturated carbocycles. The molecule has 9 aromatic carbocycles. The molecule has 0 heterocycles. The Morgan fingerprint density at radius 3 is 1.47 bits per heavy atom. The summed E-state index contributed by atoms with van der Waals surface area (Å²) in [6, 6.07) is 76.7. The lowest BCUT2D eigenvalue weighted by Gasteiger charge is -2.27. The largest absolute Gasteiger partial charge is 0.310 e. The Bertz CT molecular complexity index is 2600. The number of nitrogens with zero attached hydrogens (tertiary/aromatic N) is 1. The van der Waals surface area contributed by atoms with Crippen LogP contribution in [0.4, 0.5) is 17.1 Å². The van der Waals surface area contributed by atoms with Gasteiger partial charge in [0, 0.05) is 16.8 Å². The summed E-state index contributed by atoms with van der Waals surface area (Å²) in [5.41, 5.74) is 13.0. The highest BCUT2D eigenvalue weighted by Crippen LogP contribution is 2.41. The number of hydrogen-bond acceptors (Lipinski definition) is 1. The molecular weight excluding hydrogens is 615 g/mol. The zero-order chi connectivity index (χ0) is 34.0. The van der Waals surface area contributed by atoms with Crippen LogP contribution < -0.4 is 4.90 Å². The summed E-state index contributed by atoms with van der Waals surface area (Å²) in [6.07, 6.45) is 0. The molecule has 0 aromatic heterocycles. The lowest BCUT2D eigenvalue weighted by molar-refractivity contribution is 1.30. The molecule has 1 nitrogen and oxygen atoms in total. The molecule has 0 fully saturated rings. The van der Waals surface area contributed by atoms with Crippen molar-refractivity contribution in [1.29, 1.82) is 0 Å². The second-order valence-corrected chi connectivity index (χ2v) is 13.0. The van der Waals surface area contributed by atoms with Crippen LogP contribution in [0, 0.1) is 0 Å². The lowest BCUT2D eigenvalue weighted by Crippen LogP contribution is -2.10. The van der Waals surface area contributed by atoms with E-state index in [1.54, 1.807) is 0 Å². The van der Waals surface area contributed by atoms with Gasteiger partial charge in [-0.25, -0.2) is 0 Å². The van der Waals surface area contributed by atoms with Gasteiger partial charge in [0.25, 0.3) is 0 Å². The van der Waals surface area contributed by atoms with Gasteiger partial charge < -0.3 is 4.90 Å². The van der Waals surface area contributed by atoms with E-state index in [1.165, 1.54) is 66.1 Å². The predicted molar refractivity (Wildman–Crippen MR) is 218 cm³/mol. The van der Waals surface area contributed by atoms with Crippen molar-refractivity contribution >= 4 is 38.6 Å². The smallest absolute Gasteiger partial charge is 0.0540 e. The Balaban J connectivity index is 1.14. The van der Waals surface area contributed by atoms with Crippen molar-refractivity contribution in [3.05, 3.63) is 212 Å². The Labute approximate surface area is 299 Å². The van der Waals surface area contributed by atoms with Gasteiger partial charge in [0.1, 0.15) is 0 Å². The van der Waals surface area contributed by atoms with Gasteiger partial charge in [-0.1, -0.05) is 170 Å². The van der Waals surface area contributed by atoms with E-state index in [0.717, 1.165) is 17.1 Å². The minimum atomic E-state index is 1.11. The first-order valence-corrected chi connectivity index (χ1v) is 17.5. The predicted octanol–water partition coefficient (Wildman–Crippen LogP) is 14.1. The third kappa shape index (κ3) is 5.96. The summed E-state index contributed by atoms with van der Waals surface area (Å²) >= 11 is 0. The van der Waals surface area contributed by atoms with E-state index >= 15 is 0 Å². The zero-order valence-corrected chi connectivity index (χ0v) is 28.2. The van der Waals surface area contributed by atoms with Crippen molar-refractivity contribution in [1.82, 2.24) is 0 Å². The lowest BCUT2D eigenvalue weighted by atomic mass is 9.90. The molecule has 0 radical (unpaired) electrons. The quantitative estimate of drug-likeness (QED) is 0.166. The Morgan fingerprint density at radius 1 is 0.255 bits per heavy atom. The second kappa shape index (κ2) is 13.3. The molecule has 0 aliphatic carbocycles. The number of fused-ring (bicyclic) bond motifs is 2. The monoisotopic (exact) mass is 649 g/mol. The normalized spacial score (nSPS) is 11.1. The van der Waals surface area contributed by atoms with Crippen molar-refractivity contribution in [3.63, 3.8) is 0 Å². The van der Waals surface area contributed by atoms with E-state index in [1.807, 2.05) is 0 Å². The Kier molecular flexibility index (Phi) is 7.92. The maximum absolute atomic E-state index is 2.37. The number of hydrogen-bond donors (Lipinski definition) is 0. The van der Waals surface area contributed by atoms with Crippen LogP contribution in [-0.2, 0) is 0 Å². The van der Waals surface area contributed by atoms with Crippen LogP contribution in [0.1, 0.15) is 0 Å². The first kappa shape index (κ1) is 30.4. The van der Waals surface area contributed by atoms with E-state index in [-0.39, 0.29) is 0 Å². The van der Waals surface area contributed by atoms with E-state index in [2.05, 4.69) is 217 Å². The SMILES string of the molecule is c1ccc(-c2ccc(N(c3ccc(-c4ccc(-c5ccccc5)c(-c5ccc6ccccc6c5)c4)cc3)c3cccc4ccccc34)cc2)cc1. The molecule has 0 amide bonds. The van der Waals surface area contributed by atoms with Gasteiger partial charge in [0.2, 0.25) is 0 Å². The molecule has 0 saturated heterocycles. The molecule has 0 N–H and O–H groups in total. The fourth-order valence-corrected chi connectivity index (χ4v) is 7.26. The summed E-state index contributed by atoms with van der Waals surface area (Å²) in [5, 5.41) is 4.93. The molecule has 0 spiro atoms. The van der Waals surface area contributed by atoms with Crippen molar-refractivity contribution in [2.75, 3.05) is 4.90 Å². The third-order valence-corrected chi connectivity index (χ3v) is 9.86. The first-order valence-electron chi connectivity index (χ1n) is 17.5. The van der Waals surface area contributed by atoms with E-state index in [0.29, 0.717) is 0 Å². The van der Waals surface area contributed by atoms with Crippen LogP contribution >= 0.6 is 0 Å². The topological polar surface area (TPSA) is 3.24 Å². The molecule has 0 aliphatic rings. The van der Waals surface area contributed by atoms with Gasteiger partial charge in [0.15, 0.2) is 0 Å². The molecule has 0 atom stereocenters. The molecule has 51 heavy (non-hydrogen) atoms. The molecule has 0 aliphatic heterocycles. The van der Waals surface area contributed by atoms with Crippen molar-refractivity contribution in [3.8, 4) is 44.5 Å². The van der Waals surface area contributed by atoms with Crippen LogP contribution in [0.2, 0.25) is 0 Å². The van der Waals surface area contributed by atoms with Gasteiger partial charge in [-0.2, -0.15) is 0 Å². The fraction of sp³-hybridized carbons (Fsp3) is 0. The van der Waals surface area contributed by atoms with E-state index in [9.17, 15) is 0 Å². The minimum Gasteiger partial charge on any atom is -0.310 e. The van der Waals surface area contributed by atoms with Crippen LogP contribution in [0.5, 0.6) is 0 Å². The zero-order valence-electron chi connectivity index (χ0n) is 28.2. The molecule has 9 rings (SSSR count). The molecule has 0 bridgehead atoms. The van der Waals surface area contributed by atoms with Crippen LogP contribution in [0.3, 0.4) is 0 Å². The van der Waals surface area contributed by atoms with Gasteiger partial charge in [-0.05, 0) is 103 Å². The number of anilines is 3. The van der Waals surface area contributed by atoms with Crippen molar-refractivity contribution in [2.24, 2.45) is 0 Å². The standard InChI is InChI=1S/C50H35N/c1-3-12-36(13-4-1)38-24-29-45(30-25-38)51(50-21-11-19-41-17-9-10-20-48(41)50)46-31-26-39(27-32-46)43-28-33-47(40-15-5-2-6-16-40)49(35-43)44-23-22-37-14-7-8-18-42(37)34-44/h1-35H. The van der Waals surface area contributed by atoms with Crippen LogP contribution in [0.15, 0.2) is 212 Å². The second-order valence-electron chi connectivity index (χ2n) is 13.0. The molecule has 1 heteroatoms. The van der Waals surface area contributed by atoms with Gasteiger partial charge in [0.05, 0.1) is 5.69 Å². The van der Waals surface area contributed by atoms with Crippen LogP contribution in [-0.4, -0.2) is 0 Å². The number of benzene rings is 9. The average molecular weight is 650 g/mol. The highest BCUT2D eigenvalue weighted by molar-refractivity contribution is 5.99. The van der Waals surface area contributed by atoms with Crippen molar-refractivity contribution < 1.29 is 0 Å². The maximum atomic E-state index is 2.37. The third-order valence-electron chi connectivity index (χ3n) is 9.86. The first-order chi connectivity index (χ1) is 25.3. The van der Waals surface area contributed by atoms with Gasteiger partial charge >= 0.3 is 0 Å². The minimum absolute atomic E-state index is 1.11. The summed E-state index contributed by atoms with van der Waals surface area (Å²) in [5.74, 6) is 0. The Morgan fingerprint density at radius 2 is 0.765 bits per heavy atom. The average Bonchev–Trinajstić information content (AvgIpc) is 3.22. The summed E-state index contributed by atoms with van der Waals surface area (Å²) in [6.45, 7) is 0. The fourth-order valence-electron chi connectivity index (χ4n) is 7.26. The highest BCUT2D eigenvalue weighted by Gasteiger charge is 2.17.